The second kappa shape index (κ2) is 6.51. The van der Waals surface area contributed by atoms with Gasteiger partial charge in [0.05, 0.1) is 6.10 Å². The van der Waals surface area contributed by atoms with Crippen LogP contribution in [0.25, 0.3) is 0 Å². The van der Waals surface area contributed by atoms with Crippen molar-refractivity contribution in [3.8, 4) is 0 Å². The molecule has 2 amide bonds. The van der Waals surface area contributed by atoms with Crippen LogP contribution in [0.5, 0.6) is 0 Å². The first kappa shape index (κ1) is 14.7. The first-order chi connectivity index (χ1) is 8.40. The van der Waals surface area contributed by atoms with E-state index in [1.807, 2.05) is 19.1 Å². The summed E-state index contributed by atoms with van der Waals surface area (Å²) in [5, 5.41) is 13.8. The van der Waals surface area contributed by atoms with E-state index in [0.717, 1.165) is 10.0 Å². The smallest absolute Gasteiger partial charge is 0.313 e. The number of hydrogen-bond acceptors (Lipinski definition) is 3. The van der Waals surface area contributed by atoms with Gasteiger partial charge in [-0.05, 0) is 31.5 Å². The monoisotopic (exact) mass is 314 g/mol. The number of carbonyl (C=O) groups excluding carboxylic acids is 2. The Kier molecular flexibility index (Phi) is 5.30. The molecule has 3 N–H and O–H groups in total. The molecule has 1 atom stereocenters. The van der Waals surface area contributed by atoms with Gasteiger partial charge in [0.25, 0.3) is 0 Å². The van der Waals surface area contributed by atoms with Crippen molar-refractivity contribution >= 4 is 33.4 Å². The van der Waals surface area contributed by atoms with Crippen molar-refractivity contribution in [2.24, 2.45) is 0 Å². The highest BCUT2D eigenvalue weighted by Crippen LogP contribution is 2.20. The quantitative estimate of drug-likeness (QED) is 0.733. The molecule has 0 radical (unpaired) electrons. The second-order valence-corrected chi connectivity index (χ2v) is 4.89. The van der Waals surface area contributed by atoms with Gasteiger partial charge in [0.1, 0.15) is 0 Å². The summed E-state index contributed by atoms with van der Waals surface area (Å²) in [5.41, 5.74) is 1.43. The molecular weight excluding hydrogens is 300 g/mol. The average molecular weight is 315 g/mol. The predicted octanol–water partition coefficient (Wildman–Crippen LogP) is 1.19. The lowest BCUT2D eigenvalue weighted by atomic mass is 10.2. The molecule has 0 aliphatic rings. The molecule has 1 aromatic carbocycles. The summed E-state index contributed by atoms with van der Waals surface area (Å²) in [7, 11) is 0. The van der Waals surface area contributed by atoms with E-state index in [4.69, 9.17) is 5.11 Å². The number of halogens is 1. The lowest BCUT2D eigenvalue weighted by Gasteiger charge is -2.10. The van der Waals surface area contributed by atoms with Crippen molar-refractivity contribution in [2.45, 2.75) is 20.0 Å². The lowest BCUT2D eigenvalue weighted by molar-refractivity contribution is -0.136. The van der Waals surface area contributed by atoms with E-state index in [9.17, 15) is 9.59 Å². The average Bonchev–Trinajstić information content (AvgIpc) is 2.30. The molecule has 0 saturated heterocycles. The van der Waals surface area contributed by atoms with Crippen LogP contribution >= 0.6 is 15.9 Å². The Labute approximate surface area is 114 Å². The number of rotatable bonds is 3. The first-order valence-corrected chi connectivity index (χ1v) is 6.23. The maximum Gasteiger partial charge on any atom is 0.313 e. The van der Waals surface area contributed by atoms with Gasteiger partial charge in [-0.25, -0.2) is 0 Å². The summed E-state index contributed by atoms with van der Waals surface area (Å²) < 4.78 is 0.813. The van der Waals surface area contributed by atoms with Crippen LogP contribution in [-0.4, -0.2) is 29.6 Å². The molecule has 0 bridgehead atoms. The molecule has 98 valence electrons. The Morgan fingerprint density at radius 3 is 2.67 bits per heavy atom. The van der Waals surface area contributed by atoms with Gasteiger partial charge in [-0.15, -0.1) is 0 Å². The number of hydrogen-bond donors (Lipinski definition) is 3. The first-order valence-electron chi connectivity index (χ1n) is 5.43. The molecule has 1 aromatic rings. The Balaban J connectivity index is 2.64. The number of anilines is 1. The zero-order chi connectivity index (χ0) is 13.7. The third-order valence-corrected chi connectivity index (χ3v) is 2.71. The van der Waals surface area contributed by atoms with Crippen molar-refractivity contribution in [3.05, 3.63) is 28.2 Å². The van der Waals surface area contributed by atoms with E-state index in [2.05, 4.69) is 26.6 Å². The van der Waals surface area contributed by atoms with Gasteiger partial charge in [0.2, 0.25) is 0 Å². The van der Waals surface area contributed by atoms with Crippen LogP contribution in [0.3, 0.4) is 0 Å². The van der Waals surface area contributed by atoms with Gasteiger partial charge in [0.15, 0.2) is 0 Å². The van der Waals surface area contributed by atoms with Gasteiger partial charge >= 0.3 is 11.8 Å². The Morgan fingerprint density at radius 1 is 1.39 bits per heavy atom. The minimum atomic E-state index is -0.768. The Bertz CT molecular complexity index is 461. The fraction of sp³-hybridized carbons (Fsp3) is 0.333. The fourth-order valence-electron chi connectivity index (χ4n) is 1.23. The molecule has 0 aliphatic carbocycles. The second-order valence-electron chi connectivity index (χ2n) is 3.97. The Morgan fingerprint density at radius 2 is 2.06 bits per heavy atom. The highest BCUT2D eigenvalue weighted by atomic mass is 79.9. The van der Waals surface area contributed by atoms with E-state index in [1.165, 1.54) is 6.92 Å². The largest absolute Gasteiger partial charge is 0.392 e. The number of benzene rings is 1. The van der Waals surface area contributed by atoms with Crippen LogP contribution in [0.15, 0.2) is 22.7 Å². The Hall–Kier alpha value is -1.40. The molecule has 0 spiro atoms. The fourth-order valence-corrected chi connectivity index (χ4v) is 1.59. The number of carbonyl (C=O) groups is 2. The van der Waals surface area contributed by atoms with Gasteiger partial charge in [-0.1, -0.05) is 22.0 Å². The van der Waals surface area contributed by atoms with Crippen molar-refractivity contribution in [1.29, 1.82) is 0 Å². The minimum Gasteiger partial charge on any atom is -0.392 e. The van der Waals surface area contributed by atoms with Crippen molar-refractivity contribution in [2.75, 3.05) is 11.9 Å². The summed E-state index contributed by atoms with van der Waals surface area (Å²) in [6, 6.07) is 5.39. The molecule has 1 rings (SSSR count). The summed E-state index contributed by atoms with van der Waals surface area (Å²) in [4.78, 5) is 23.0. The molecule has 5 nitrogen and oxygen atoms in total. The van der Waals surface area contributed by atoms with Crippen molar-refractivity contribution in [1.82, 2.24) is 5.32 Å². The van der Waals surface area contributed by atoms with E-state index >= 15 is 0 Å². The van der Waals surface area contributed by atoms with E-state index < -0.39 is 17.9 Å². The van der Waals surface area contributed by atoms with Crippen molar-refractivity contribution in [3.63, 3.8) is 0 Å². The maximum absolute atomic E-state index is 11.6. The van der Waals surface area contributed by atoms with E-state index in [0.29, 0.717) is 5.69 Å². The molecular formula is C12H15BrN2O3. The van der Waals surface area contributed by atoms with Gasteiger partial charge in [0, 0.05) is 16.7 Å². The summed E-state index contributed by atoms with van der Waals surface area (Å²) in [6.07, 6.45) is -0.686. The molecule has 1 unspecified atom stereocenters. The number of aryl methyl sites for hydroxylation is 1. The lowest BCUT2D eigenvalue weighted by Crippen LogP contribution is -2.38. The topological polar surface area (TPSA) is 78.4 Å². The van der Waals surface area contributed by atoms with E-state index in [-0.39, 0.29) is 6.54 Å². The summed E-state index contributed by atoms with van der Waals surface area (Å²) in [6.45, 7) is 3.40. The van der Waals surface area contributed by atoms with Crippen LogP contribution in [-0.2, 0) is 9.59 Å². The molecule has 6 heteroatoms. The summed E-state index contributed by atoms with van der Waals surface area (Å²) >= 11 is 3.29. The van der Waals surface area contributed by atoms with Crippen molar-refractivity contribution < 1.29 is 14.7 Å². The van der Waals surface area contributed by atoms with Gasteiger partial charge < -0.3 is 15.7 Å². The minimum absolute atomic E-state index is 0.0454. The molecule has 0 aliphatic heterocycles. The van der Waals surface area contributed by atoms with Crippen LogP contribution in [0.2, 0.25) is 0 Å². The zero-order valence-electron chi connectivity index (χ0n) is 10.2. The highest BCUT2D eigenvalue weighted by Gasteiger charge is 2.14. The third kappa shape index (κ3) is 4.46. The normalized spacial score (nSPS) is 11.8. The van der Waals surface area contributed by atoms with Crippen LogP contribution in [0, 0.1) is 6.92 Å². The molecule has 0 aromatic heterocycles. The number of aliphatic hydroxyl groups excluding tert-OH is 1. The summed E-state index contributed by atoms with van der Waals surface area (Å²) in [5.74, 6) is -1.52. The third-order valence-electron chi connectivity index (χ3n) is 2.21. The van der Waals surface area contributed by atoms with E-state index in [1.54, 1.807) is 6.07 Å². The predicted molar refractivity (Wildman–Crippen MR) is 72.2 cm³/mol. The van der Waals surface area contributed by atoms with Crippen LogP contribution in [0.4, 0.5) is 5.69 Å². The SMILES string of the molecule is Cc1ccc(Br)cc1NC(=O)C(=O)NCC(C)O. The highest BCUT2D eigenvalue weighted by molar-refractivity contribution is 9.10. The number of aliphatic hydroxyl groups is 1. The number of nitrogens with one attached hydrogen (secondary N) is 2. The molecule has 0 heterocycles. The maximum atomic E-state index is 11.6. The van der Waals surface area contributed by atoms with Crippen LogP contribution < -0.4 is 10.6 Å². The van der Waals surface area contributed by atoms with Gasteiger partial charge in [-0.2, -0.15) is 0 Å². The number of amides is 2. The van der Waals surface area contributed by atoms with Gasteiger partial charge in [-0.3, -0.25) is 9.59 Å². The zero-order valence-corrected chi connectivity index (χ0v) is 11.7. The van der Waals surface area contributed by atoms with Crippen LogP contribution in [0.1, 0.15) is 12.5 Å². The molecule has 0 fully saturated rings. The molecule has 18 heavy (non-hydrogen) atoms. The standard InChI is InChI=1S/C12H15BrN2O3/c1-7-3-4-9(13)5-10(7)15-12(18)11(17)14-6-8(2)16/h3-5,8,16H,6H2,1-2H3,(H,14,17)(H,15,18). The molecule has 0 saturated carbocycles.